The molecule has 0 radical (unpaired) electrons. The summed E-state index contributed by atoms with van der Waals surface area (Å²) in [5.41, 5.74) is 1.32. The molecule has 0 bridgehead atoms. The number of amides is 2. The molecule has 8 heteroatoms. The van der Waals surface area contributed by atoms with Crippen molar-refractivity contribution >= 4 is 39.5 Å². The third-order valence-electron chi connectivity index (χ3n) is 4.60. The van der Waals surface area contributed by atoms with Crippen LogP contribution in [0.1, 0.15) is 18.9 Å². The first-order valence-corrected chi connectivity index (χ1v) is 10.8. The van der Waals surface area contributed by atoms with Crippen molar-refractivity contribution in [2.24, 2.45) is 0 Å². The third-order valence-corrected chi connectivity index (χ3v) is 5.22. The number of anilines is 1. The lowest BCUT2D eigenvalue weighted by Crippen LogP contribution is -2.44. The Hall–Kier alpha value is -2.84. The molecule has 1 N–H and O–H groups in total. The van der Waals surface area contributed by atoms with E-state index in [4.69, 9.17) is 14.2 Å². The molecule has 0 saturated heterocycles. The minimum absolute atomic E-state index is 0.0997. The number of hydrogen-bond acceptors (Lipinski definition) is 5. The first-order valence-electron chi connectivity index (χ1n) is 10.0. The van der Waals surface area contributed by atoms with Gasteiger partial charge in [0.1, 0.15) is 12.3 Å². The van der Waals surface area contributed by atoms with Gasteiger partial charge in [-0.05, 0) is 65.2 Å². The van der Waals surface area contributed by atoms with Crippen molar-refractivity contribution in [1.29, 1.82) is 0 Å². The molecule has 31 heavy (non-hydrogen) atoms. The molecule has 1 heterocycles. The molecule has 2 amide bonds. The average molecular weight is 489 g/mol. The Morgan fingerprint density at radius 1 is 1.26 bits per heavy atom. The van der Waals surface area contributed by atoms with Crippen LogP contribution in [0, 0.1) is 0 Å². The SMILES string of the molecule is CCOCCCNC(=O)CN1C(=O)/C(=C/c2ccc(OC)c(Br)c2)Oc2ccccc21. The molecule has 0 unspecified atom stereocenters. The van der Waals surface area contributed by atoms with Crippen molar-refractivity contribution in [3.63, 3.8) is 0 Å². The first-order chi connectivity index (χ1) is 15.0. The summed E-state index contributed by atoms with van der Waals surface area (Å²) in [6, 6.07) is 12.6. The Kier molecular flexibility index (Phi) is 8.08. The van der Waals surface area contributed by atoms with Crippen LogP contribution in [0.25, 0.3) is 6.08 Å². The van der Waals surface area contributed by atoms with Crippen molar-refractivity contribution in [1.82, 2.24) is 5.32 Å². The van der Waals surface area contributed by atoms with Crippen molar-refractivity contribution in [2.75, 3.05) is 38.3 Å². The summed E-state index contributed by atoms with van der Waals surface area (Å²) in [5, 5.41) is 2.83. The second-order valence-electron chi connectivity index (χ2n) is 6.76. The number of rotatable bonds is 9. The van der Waals surface area contributed by atoms with Gasteiger partial charge in [0.15, 0.2) is 11.5 Å². The Bertz CT molecular complexity index is 976. The molecule has 2 aromatic carbocycles. The van der Waals surface area contributed by atoms with Crippen LogP contribution in [0.2, 0.25) is 0 Å². The molecule has 1 aliphatic rings. The lowest BCUT2D eigenvalue weighted by atomic mass is 10.1. The first kappa shape index (κ1) is 22.8. The van der Waals surface area contributed by atoms with E-state index in [2.05, 4.69) is 21.2 Å². The lowest BCUT2D eigenvalue weighted by molar-refractivity contribution is -0.123. The number of carbonyl (C=O) groups excluding carboxylic acids is 2. The fourth-order valence-electron chi connectivity index (χ4n) is 3.09. The van der Waals surface area contributed by atoms with E-state index in [9.17, 15) is 9.59 Å². The maximum atomic E-state index is 13.1. The number of nitrogens with zero attached hydrogens (tertiary/aromatic N) is 1. The van der Waals surface area contributed by atoms with Crippen LogP contribution < -0.4 is 19.7 Å². The second kappa shape index (κ2) is 11.0. The summed E-state index contributed by atoms with van der Waals surface area (Å²) in [5.74, 6) is 0.721. The highest BCUT2D eigenvalue weighted by atomic mass is 79.9. The van der Waals surface area contributed by atoms with E-state index in [0.29, 0.717) is 43.4 Å². The smallest absolute Gasteiger partial charge is 0.294 e. The number of benzene rings is 2. The van der Waals surface area contributed by atoms with E-state index >= 15 is 0 Å². The van der Waals surface area contributed by atoms with Gasteiger partial charge in [-0.3, -0.25) is 14.5 Å². The molecule has 0 saturated carbocycles. The van der Waals surface area contributed by atoms with E-state index in [1.807, 2.05) is 25.1 Å². The number of carbonyl (C=O) groups is 2. The van der Waals surface area contributed by atoms with E-state index in [1.54, 1.807) is 37.5 Å². The largest absolute Gasteiger partial charge is 0.496 e. The van der Waals surface area contributed by atoms with Gasteiger partial charge in [-0.25, -0.2) is 0 Å². The summed E-state index contributed by atoms with van der Waals surface area (Å²) in [7, 11) is 1.59. The Balaban J connectivity index is 1.78. The molecular weight excluding hydrogens is 464 g/mol. The predicted molar refractivity (Wildman–Crippen MR) is 122 cm³/mol. The number of ether oxygens (including phenoxy) is 3. The second-order valence-corrected chi connectivity index (χ2v) is 7.62. The van der Waals surface area contributed by atoms with Gasteiger partial charge in [-0.1, -0.05) is 18.2 Å². The van der Waals surface area contributed by atoms with Crippen molar-refractivity contribution in [2.45, 2.75) is 13.3 Å². The van der Waals surface area contributed by atoms with Gasteiger partial charge in [0.2, 0.25) is 5.91 Å². The van der Waals surface area contributed by atoms with Gasteiger partial charge >= 0.3 is 0 Å². The van der Waals surface area contributed by atoms with Gasteiger partial charge < -0.3 is 19.5 Å². The summed E-state index contributed by atoms with van der Waals surface area (Å²) in [6.45, 7) is 3.54. The average Bonchev–Trinajstić information content (AvgIpc) is 2.76. The molecule has 0 atom stereocenters. The van der Waals surface area contributed by atoms with Crippen LogP contribution in [-0.4, -0.2) is 45.2 Å². The molecule has 0 aliphatic carbocycles. The highest BCUT2D eigenvalue weighted by molar-refractivity contribution is 9.10. The van der Waals surface area contributed by atoms with E-state index in [0.717, 1.165) is 10.0 Å². The fourth-order valence-corrected chi connectivity index (χ4v) is 3.65. The summed E-state index contributed by atoms with van der Waals surface area (Å²) >= 11 is 3.45. The van der Waals surface area contributed by atoms with Crippen LogP contribution in [0.5, 0.6) is 11.5 Å². The van der Waals surface area contributed by atoms with Gasteiger partial charge in [0.05, 0.1) is 17.3 Å². The molecule has 1 aliphatic heterocycles. The molecule has 0 aromatic heterocycles. The van der Waals surface area contributed by atoms with Gasteiger partial charge in [0, 0.05) is 19.8 Å². The standard InChI is InChI=1S/C23H25BrN2O5/c1-3-30-12-6-11-25-22(27)15-26-18-7-4-5-8-20(18)31-21(23(26)28)14-16-9-10-19(29-2)17(24)13-16/h4-5,7-10,13-14H,3,6,11-12,15H2,1-2H3,(H,25,27)/b21-14-. The highest BCUT2D eigenvalue weighted by Crippen LogP contribution is 2.36. The zero-order valence-corrected chi connectivity index (χ0v) is 19.1. The zero-order chi connectivity index (χ0) is 22.2. The highest BCUT2D eigenvalue weighted by Gasteiger charge is 2.31. The minimum atomic E-state index is -0.380. The Morgan fingerprint density at radius 3 is 2.81 bits per heavy atom. The Labute approximate surface area is 190 Å². The summed E-state index contributed by atoms with van der Waals surface area (Å²) in [4.78, 5) is 27.0. The third kappa shape index (κ3) is 5.86. The number of fused-ring (bicyclic) bond motifs is 1. The van der Waals surface area contributed by atoms with Crippen LogP contribution >= 0.6 is 15.9 Å². The van der Waals surface area contributed by atoms with Crippen LogP contribution in [0.4, 0.5) is 5.69 Å². The molecule has 0 spiro atoms. The molecule has 3 rings (SSSR count). The number of hydrogen-bond donors (Lipinski definition) is 1. The number of halogens is 1. The van der Waals surface area contributed by atoms with Crippen LogP contribution in [0.15, 0.2) is 52.7 Å². The topological polar surface area (TPSA) is 77.1 Å². The van der Waals surface area contributed by atoms with Gasteiger partial charge in [-0.2, -0.15) is 0 Å². The molecule has 164 valence electrons. The molecule has 0 fully saturated rings. The van der Waals surface area contributed by atoms with Crippen LogP contribution in [0.3, 0.4) is 0 Å². The van der Waals surface area contributed by atoms with E-state index in [-0.39, 0.29) is 24.1 Å². The van der Waals surface area contributed by atoms with E-state index in [1.165, 1.54) is 4.90 Å². The maximum Gasteiger partial charge on any atom is 0.294 e. The zero-order valence-electron chi connectivity index (χ0n) is 17.5. The quantitative estimate of drug-likeness (QED) is 0.429. The molecular formula is C23H25BrN2O5. The molecule has 7 nitrogen and oxygen atoms in total. The Morgan fingerprint density at radius 2 is 2.06 bits per heavy atom. The fraction of sp³-hybridized carbons (Fsp3) is 0.304. The number of nitrogens with one attached hydrogen (secondary N) is 1. The van der Waals surface area contributed by atoms with E-state index < -0.39 is 0 Å². The maximum absolute atomic E-state index is 13.1. The monoisotopic (exact) mass is 488 g/mol. The number of para-hydroxylation sites is 2. The summed E-state index contributed by atoms with van der Waals surface area (Å²) < 4.78 is 17.1. The van der Waals surface area contributed by atoms with Gasteiger partial charge in [0.25, 0.3) is 5.91 Å². The van der Waals surface area contributed by atoms with Gasteiger partial charge in [-0.15, -0.1) is 0 Å². The normalized spacial score (nSPS) is 14.2. The van der Waals surface area contributed by atoms with Crippen molar-refractivity contribution in [3.05, 3.63) is 58.3 Å². The number of methoxy groups -OCH3 is 1. The minimum Gasteiger partial charge on any atom is -0.496 e. The lowest BCUT2D eigenvalue weighted by Gasteiger charge is -2.30. The summed E-state index contributed by atoms with van der Waals surface area (Å²) in [6.07, 6.45) is 2.36. The van der Waals surface area contributed by atoms with Crippen LogP contribution in [-0.2, 0) is 14.3 Å². The predicted octanol–water partition coefficient (Wildman–Crippen LogP) is 3.77. The van der Waals surface area contributed by atoms with Crippen molar-refractivity contribution < 1.29 is 23.8 Å². The van der Waals surface area contributed by atoms with Crippen molar-refractivity contribution in [3.8, 4) is 11.5 Å². The molecule has 2 aromatic rings.